The van der Waals surface area contributed by atoms with E-state index in [9.17, 15) is 9.59 Å². The normalized spacial score (nSPS) is 11.7. The van der Waals surface area contributed by atoms with Crippen LogP contribution in [0.25, 0.3) is 11.3 Å². The summed E-state index contributed by atoms with van der Waals surface area (Å²) in [7, 11) is 0. The molecule has 110 valence electrons. The Hall–Kier alpha value is -2.63. The van der Waals surface area contributed by atoms with Crippen molar-refractivity contribution < 1.29 is 18.8 Å². The zero-order valence-corrected chi connectivity index (χ0v) is 11.8. The van der Waals surface area contributed by atoms with Crippen LogP contribution in [-0.2, 0) is 9.53 Å². The van der Waals surface area contributed by atoms with E-state index in [0.717, 1.165) is 5.56 Å². The fraction of sp³-hybridized carbons (Fsp3) is 0.267. The van der Waals surface area contributed by atoms with Crippen LogP contribution in [0.1, 0.15) is 24.3 Å². The van der Waals surface area contributed by atoms with Crippen LogP contribution in [0, 0.1) is 0 Å². The Kier molecular flexibility index (Phi) is 4.71. The third-order valence-electron chi connectivity index (χ3n) is 2.79. The summed E-state index contributed by atoms with van der Waals surface area (Å²) in [6.45, 7) is 3.52. The molecule has 21 heavy (non-hydrogen) atoms. The fourth-order valence-electron chi connectivity index (χ4n) is 1.72. The first-order chi connectivity index (χ1) is 10.1. The highest BCUT2D eigenvalue weighted by Gasteiger charge is 2.20. The van der Waals surface area contributed by atoms with E-state index in [-0.39, 0.29) is 12.3 Å². The van der Waals surface area contributed by atoms with Crippen molar-refractivity contribution in [3.05, 3.63) is 42.1 Å². The van der Waals surface area contributed by atoms with Gasteiger partial charge in [-0.3, -0.25) is 4.79 Å². The summed E-state index contributed by atoms with van der Waals surface area (Å²) >= 11 is 0. The first kappa shape index (κ1) is 14.8. The van der Waals surface area contributed by atoms with Crippen molar-refractivity contribution in [2.75, 3.05) is 6.61 Å². The van der Waals surface area contributed by atoms with Crippen molar-refractivity contribution in [3.8, 4) is 11.3 Å². The zero-order valence-electron chi connectivity index (χ0n) is 11.8. The summed E-state index contributed by atoms with van der Waals surface area (Å²) in [5.74, 6) is -0.483. The Morgan fingerprint density at radius 1 is 1.33 bits per heavy atom. The summed E-state index contributed by atoms with van der Waals surface area (Å²) < 4.78 is 9.95. The van der Waals surface area contributed by atoms with Crippen LogP contribution >= 0.6 is 0 Å². The third kappa shape index (κ3) is 3.68. The number of ether oxygens (including phenoxy) is 1. The molecule has 0 aliphatic carbocycles. The number of amides is 1. The summed E-state index contributed by atoms with van der Waals surface area (Å²) in [4.78, 5) is 23.4. The van der Waals surface area contributed by atoms with E-state index in [1.165, 1.54) is 6.07 Å². The number of hydrogen-bond acceptors (Lipinski definition) is 5. The van der Waals surface area contributed by atoms with Gasteiger partial charge in [-0.15, -0.1) is 0 Å². The predicted molar refractivity (Wildman–Crippen MR) is 75.5 cm³/mol. The minimum absolute atomic E-state index is 0.116. The number of nitrogens with zero attached hydrogens (tertiary/aromatic N) is 1. The quantitative estimate of drug-likeness (QED) is 0.851. The van der Waals surface area contributed by atoms with E-state index < -0.39 is 17.9 Å². The maximum atomic E-state index is 12.0. The van der Waals surface area contributed by atoms with Gasteiger partial charge in [0.15, 0.2) is 11.5 Å². The van der Waals surface area contributed by atoms with Crippen LogP contribution in [0.15, 0.2) is 40.9 Å². The Bertz CT molecular complexity index is 622. The van der Waals surface area contributed by atoms with Gasteiger partial charge in [-0.1, -0.05) is 35.5 Å². The van der Waals surface area contributed by atoms with Gasteiger partial charge in [0.2, 0.25) is 0 Å². The number of benzene rings is 1. The molecule has 0 aliphatic heterocycles. The van der Waals surface area contributed by atoms with Gasteiger partial charge in [0, 0.05) is 11.6 Å². The summed E-state index contributed by atoms with van der Waals surface area (Å²) in [5, 5.41) is 6.22. The van der Waals surface area contributed by atoms with Gasteiger partial charge < -0.3 is 14.6 Å². The molecule has 1 amide bonds. The van der Waals surface area contributed by atoms with Gasteiger partial charge in [0.05, 0.1) is 6.61 Å². The lowest BCUT2D eigenvalue weighted by molar-refractivity contribution is -0.144. The molecule has 2 rings (SSSR count). The van der Waals surface area contributed by atoms with Crippen LogP contribution in [-0.4, -0.2) is 29.7 Å². The smallest absolute Gasteiger partial charge is 0.328 e. The van der Waals surface area contributed by atoms with Gasteiger partial charge >= 0.3 is 5.97 Å². The second kappa shape index (κ2) is 6.69. The zero-order chi connectivity index (χ0) is 15.2. The van der Waals surface area contributed by atoms with Gasteiger partial charge in [-0.25, -0.2) is 4.79 Å². The molecule has 0 bridgehead atoms. The number of aromatic nitrogens is 1. The highest BCUT2D eigenvalue weighted by Crippen LogP contribution is 2.19. The van der Waals surface area contributed by atoms with Crippen LogP contribution in [0.5, 0.6) is 0 Å². The molecule has 6 heteroatoms. The van der Waals surface area contributed by atoms with Crippen molar-refractivity contribution in [2.45, 2.75) is 19.9 Å². The Morgan fingerprint density at radius 2 is 2.05 bits per heavy atom. The molecule has 0 spiro atoms. The number of hydrogen-bond donors (Lipinski definition) is 1. The molecule has 0 radical (unpaired) electrons. The summed E-state index contributed by atoms with van der Waals surface area (Å²) in [6, 6.07) is 10.1. The largest absolute Gasteiger partial charge is 0.464 e. The van der Waals surface area contributed by atoms with Gasteiger partial charge in [0.1, 0.15) is 6.04 Å². The van der Waals surface area contributed by atoms with Crippen LogP contribution < -0.4 is 5.32 Å². The first-order valence-electron chi connectivity index (χ1n) is 6.61. The van der Waals surface area contributed by atoms with E-state index >= 15 is 0 Å². The number of nitrogens with one attached hydrogen (secondary N) is 1. The average molecular weight is 288 g/mol. The van der Waals surface area contributed by atoms with Crippen molar-refractivity contribution in [1.82, 2.24) is 10.5 Å². The fourth-order valence-corrected chi connectivity index (χ4v) is 1.72. The highest BCUT2D eigenvalue weighted by molar-refractivity contribution is 5.95. The van der Waals surface area contributed by atoms with Gasteiger partial charge in [-0.05, 0) is 13.8 Å². The molecule has 0 aliphatic rings. The van der Waals surface area contributed by atoms with E-state index in [1.807, 2.05) is 30.3 Å². The molecule has 1 N–H and O–H groups in total. The van der Waals surface area contributed by atoms with Gasteiger partial charge in [0.25, 0.3) is 5.91 Å². The second-order valence-electron chi connectivity index (χ2n) is 4.39. The average Bonchev–Trinajstić information content (AvgIpc) is 2.98. The second-order valence-corrected chi connectivity index (χ2v) is 4.39. The monoisotopic (exact) mass is 288 g/mol. The molecule has 1 aromatic carbocycles. The molecular formula is C15H16N2O4. The molecular weight excluding hydrogens is 272 g/mol. The van der Waals surface area contributed by atoms with Crippen molar-refractivity contribution >= 4 is 11.9 Å². The van der Waals surface area contributed by atoms with E-state index in [1.54, 1.807) is 13.8 Å². The molecule has 0 saturated carbocycles. The van der Waals surface area contributed by atoms with E-state index in [0.29, 0.717) is 5.76 Å². The summed E-state index contributed by atoms with van der Waals surface area (Å²) in [5.41, 5.74) is 0.937. The molecule has 1 unspecified atom stereocenters. The van der Waals surface area contributed by atoms with Crippen LogP contribution in [0.4, 0.5) is 0 Å². The van der Waals surface area contributed by atoms with Crippen LogP contribution in [0.3, 0.4) is 0 Å². The van der Waals surface area contributed by atoms with Crippen molar-refractivity contribution in [2.24, 2.45) is 0 Å². The number of carbonyl (C=O) groups is 2. The lowest BCUT2D eigenvalue weighted by Crippen LogP contribution is -2.39. The van der Waals surface area contributed by atoms with E-state index in [2.05, 4.69) is 10.5 Å². The van der Waals surface area contributed by atoms with Gasteiger partial charge in [-0.2, -0.15) is 0 Å². The van der Waals surface area contributed by atoms with E-state index in [4.69, 9.17) is 9.26 Å². The molecule has 1 aromatic heterocycles. The highest BCUT2D eigenvalue weighted by atomic mass is 16.5. The molecule has 0 saturated heterocycles. The lowest BCUT2D eigenvalue weighted by atomic mass is 10.1. The standard InChI is InChI=1S/C15H16N2O4/c1-3-20-15(19)10(2)16-14(18)12-9-13(21-17-12)11-7-5-4-6-8-11/h4-10H,3H2,1-2H3,(H,16,18). The lowest BCUT2D eigenvalue weighted by Gasteiger charge is -2.10. The first-order valence-corrected chi connectivity index (χ1v) is 6.61. The number of esters is 1. The topological polar surface area (TPSA) is 81.4 Å². The molecule has 1 atom stereocenters. The summed E-state index contributed by atoms with van der Waals surface area (Å²) in [6.07, 6.45) is 0. The van der Waals surface area contributed by atoms with Crippen molar-refractivity contribution in [3.63, 3.8) is 0 Å². The SMILES string of the molecule is CCOC(=O)C(C)NC(=O)c1cc(-c2ccccc2)on1. The maximum Gasteiger partial charge on any atom is 0.328 e. The maximum absolute atomic E-state index is 12.0. The van der Waals surface area contributed by atoms with Crippen molar-refractivity contribution in [1.29, 1.82) is 0 Å². The number of rotatable bonds is 5. The Labute approximate surface area is 122 Å². The third-order valence-corrected chi connectivity index (χ3v) is 2.79. The molecule has 0 fully saturated rings. The predicted octanol–water partition coefficient (Wildman–Crippen LogP) is 2.02. The Balaban J connectivity index is 2.04. The Morgan fingerprint density at radius 3 is 2.71 bits per heavy atom. The molecule has 2 aromatic rings. The minimum atomic E-state index is -0.741. The molecule has 1 heterocycles. The van der Waals surface area contributed by atoms with Crippen LogP contribution in [0.2, 0.25) is 0 Å². The molecule has 6 nitrogen and oxygen atoms in total. The number of carbonyl (C=O) groups excluding carboxylic acids is 2. The minimum Gasteiger partial charge on any atom is -0.464 e.